The molecule has 0 saturated carbocycles. The summed E-state index contributed by atoms with van der Waals surface area (Å²) in [6.45, 7) is 4.49. The van der Waals surface area contributed by atoms with Crippen molar-refractivity contribution in [1.29, 1.82) is 0 Å². The first kappa shape index (κ1) is 10.5. The van der Waals surface area contributed by atoms with E-state index in [0.29, 0.717) is 5.92 Å². The second-order valence-electron chi connectivity index (χ2n) is 3.59. The number of benzene rings is 1. The number of rotatable bonds is 4. The minimum absolute atomic E-state index is 0.717. The second kappa shape index (κ2) is 5.20. The average molecular weight is 193 g/mol. The molecule has 0 aliphatic heterocycles. The Labute approximate surface area is 82.5 Å². The van der Waals surface area contributed by atoms with E-state index in [9.17, 15) is 0 Å². The predicted molar refractivity (Wildman–Crippen MR) is 58.5 cm³/mol. The summed E-state index contributed by atoms with van der Waals surface area (Å²) in [6, 6.07) is 11.7. The lowest BCUT2D eigenvalue weighted by atomic mass is 10.3. The molecule has 1 aromatic carbocycles. The molecule has 0 heterocycles. The van der Waals surface area contributed by atoms with Crippen LogP contribution in [0.15, 0.2) is 30.3 Å². The van der Waals surface area contributed by atoms with Crippen molar-refractivity contribution >= 4 is 14.2 Å². The molecule has 2 heteroatoms. The standard InChI is InChI=1S/C11H17OSi/c1-10(2)9-13(12-3)11-7-5-4-6-8-11/h4-8,10H,9H2,1-3H3. The van der Waals surface area contributed by atoms with E-state index in [1.54, 1.807) is 0 Å². The molecule has 0 aromatic heterocycles. The summed E-state index contributed by atoms with van der Waals surface area (Å²) >= 11 is 0. The van der Waals surface area contributed by atoms with Crippen molar-refractivity contribution in [3.63, 3.8) is 0 Å². The van der Waals surface area contributed by atoms with Crippen molar-refractivity contribution in [2.75, 3.05) is 7.11 Å². The van der Waals surface area contributed by atoms with E-state index in [4.69, 9.17) is 4.43 Å². The molecule has 1 nitrogen and oxygen atoms in total. The Hall–Kier alpha value is -0.603. The highest BCUT2D eigenvalue weighted by Gasteiger charge is 2.15. The Kier molecular flexibility index (Phi) is 4.19. The monoisotopic (exact) mass is 193 g/mol. The van der Waals surface area contributed by atoms with Gasteiger partial charge in [-0.05, 0) is 17.1 Å². The SMILES string of the molecule is CO[Si](CC(C)C)c1ccccc1. The predicted octanol–water partition coefficient (Wildman–Crippen LogP) is 2.19. The molecule has 71 valence electrons. The first-order valence-corrected chi connectivity index (χ1v) is 6.30. The fraction of sp³-hybridized carbons (Fsp3) is 0.455. The van der Waals surface area contributed by atoms with Crippen molar-refractivity contribution in [3.05, 3.63) is 30.3 Å². The van der Waals surface area contributed by atoms with Crippen LogP contribution in [0.5, 0.6) is 0 Å². The van der Waals surface area contributed by atoms with E-state index in [0.717, 1.165) is 0 Å². The summed E-state index contributed by atoms with van der Waals surface area (Å²) in [5.74, 6) is 0.717. The van der Waals surface area contributed by atoms with Crippen LogP contribution in [0, 0.1) is 5.92 Å². The van der Waals surface area contributed by atoms with Crippen molar-refractivity contribution in [2.24, 2.45) is 5.92 Å². The van der Waals surface area contributed by atoms with Gasteiger partial charge in [0.2, 0.25) is 9.04 Å². The van der Waals surface area contributed by atoms with E-state index in [2.05, 4.69) is 38.1 Å². The van der Waals surface area contributed by atoms with Gasteiger partial charge >= 0.3 is 0 Å². The van der Waals surface area contributed by atoms with Crippen LogP contribution in [0.1, 0.15) is 13.8 Å². The molecule has 0 spiro atoms. The molecule has 13 heavy (non-hydrogen) atoms. The van der Waals surface area contributed by atoms with Crippen LogP contribution < -0.4 is 5.19 Å². The zero-order valence-electron chi connectivity index (χ0n) is 8.58. The minimum atomic E-state index is -0.761. The van der Waals surface area contributed by atoms with Gasteiger partial charge in [0.1, 0.15) is 0 Å². The molecule has 0 fully saturated rings. The Morgan fingerprint density at radius 1 is 1.23 bits per heavy atom. The summed E-state index contributed by atoms with van der Waals surface area (Å²) < 4.78 is 5.55. The van der Waals surface area contributed by atoms with Gasteiger partial charge in [-0.15, -0.1) is 0 Å². The molecule has 0 N–H and O–H groups in total. The van der Waals surface area contributed by atoms with E-state index < -0.39 is 9.04 Å². The van der Waals surface area contributed by atoms with E-state index >= 15 is 0 Å². The lowest BCUT2D eigenvalue weighted by Crippen LogP contribution is -2.33. The van der Waals surface area contributed by atoms with Crippen LogP contribution in [0.25, 0.3) is 0 Å². The van der Waals surface area contributed by atoms with Gasteiger partial charge in [-0.1, -0.05) is 44.2 Å². The fourth-order valence-electron chi connectivity index (χ4n) is 1.31. The molecule has 1 aromatic rings. The third kappa shape index (κ3) is 3.33. The maximum atomic E-state index is 5.55. The zero-order chi connectivity index (χ0) is 9.68. The number of hydrogen-bond acceptors (Lipinski definition) is 1. The molecular weight excluding hydrogens is 176 g/mol. The quantitative estimate of drug-likeness (QED) is 0.666. The zero-order valence-corrected chi connectivity index (χ0v) is 9.58. The second-order valence-corrected chi connectivity index (χ2v) is 5.83. The average Bonchev–Trinajstić information content (AvgIpc) is 2.15. The highest BCUT2D eigenvalue weighted by molar-refractivity contribution is 6.67. The maximum absolute atomic E-state index is 5.55. The Morgan fingerprint density at radius 2 is 1.85 bits per heavy atom. The van der Waals surface area contributed by atoms with Crippen LogP contribution in [0.4, 0.5) is 0 Å². The molecule has 0 aliphatic carbocycles. The van der Waals surface area contributed by atoms with Crippen LogP contribution in [-0.4, -0.2) is 16.2 Å². The van der Waals surface area contributed by atoms with Gasteiger partial charge < -0.3 is 4.43 Å². The molecule has 0 aliphatic rings. The summed E-state index contributed by atoms with van der Waals surface area (Å²) in [7, 11) is 1.06. The van der Waals surface area contributed by atoms with E-state index in [1.807, 2.05) is 13.2 Å². The highest BCUT2D eigenvalue weighted by Crippen LogP contribution is 2.06. The topological polar surface area (TPSA) is 9.23 Å². The van der Waals surface area contributed by atoms with Gasteiger partial charge in [0.25, 0.3) is 0 Å². The smallest absolute Gasteiger partial charge is 0.246 e. The lowest BCUT2D eigenvalue weighted by Gasteiger charge is -2.14. The van der Waals surface area contributed by atoms with Crippen molar-refractivity contribution in [3.8, 4) is 0 Å². The molecule has 0 amide bonds. The lowest BCUT2D eigenvalue weighted by molar-refractivity contribution is 0.422. The molecule has 1 rings (SSSR count). The van der Waals surface area contributed by atoms with Gasteiger partial charge in [-0.25, -0.2) is 0 Å². The molecule has 0 saturated heterocycles. The normalized spacial score (nSPS) is 11.2. The molecule has 0 unspecified atom stereocenters. The summed E-state index contributed by atoms with van der Waals surface area (Å²) in [4.78, 5) is 0. The van der Waals surface area contributed by atoms with Gasteiger partial charge in [-0.3, -0.25) is 0 Å². The fourth-order valence-corrected chi connectivity index (χ4v) is 3.26. The molecule has 0 atom stereocenters. The summed E-state index contributed by atoms with van der Waals surface area (Å²) in [5.41, 5.74) is 0. The minimum Gasteiger partial charge on any atom is -0.415 e. The van der Waals surface area contributed by atoms with Crippen LogP contribution in [0.3, 0.4) is 0 Å². The highest BCUT2D eigenvalue weighted by atomic mass is 28.3. The Bertz CT molecular complexity index is 233. The Morgan fingerprint density at radius 3 is 2.31 bits per heavy atom. The first-order valence-electron chi connectivity index (χ1n) is 4.69. The van der Waals surface area contributed by atoms with Crippen LogP contribution in [0.2, 0.25) is 6.04 Å². The van der Waals surface area contributed by atoms with Gasteiger partial charge in [0, 0.05) is 7.11 Å². The van der Waals surface area contributed by atoms with Crippen molar-refractivity contribution in [1.82, 2.24) is 0 Å². The molecule has 1 radical (unpaired) electrons. The first-order chi connectivity index (χ1) is 6.24. The molecule has 0 bridgehead atoms. The molecular formula is C11H17OSi. The number of hydrogen-bond donors (Lipinski definition) is 0. The van der Waals surface area contributed by atoms with Gasteiger partial charge in [0.05, 0.1) is 0 Å². The van der Waals surface area contributed by atoms with Crippen LogP contribution >= 0.6 is 0 Å². The van der Waals surface area contributed by atoms with Gasteiger partial charge in [-0.2, -0.15) is 0 Å². The van der Waals surface area contributed by atoms with Crippen molar-refractivity contribution < 1.29 is 4.43 Å². The summed E-state index contributed by atoms with van der Waals surface area (Å²) in [6.07, 6.45) is 0. The summed E-state index contributed by atoms with van der Waals surface area (Å²) in [5, 5.41) is 1.38. The van der Waals surface area contributed by atoms with Crippen molar-refractivity contribution in [2.45, 2.75) is 19.9 Å². The van der Waals surface area contributed by atoms with E-state index in [-0.39, 0.29) is 0 Å². The third-order valence-electron chi connectivity index (χ3n) is 1.94. The Balaban J connectivity index is 2.67. The van der Waals surface area contributed by atoms with Gasteiger partial charge in [0.15, 0.2) is 0 Å². The largest absolute Gasteiger partial charge is 0.415 e. The third-order valence-corrected chi connectivity index (χ3v) is 4.59. The van der Waals surface area contributed by atoms with Crippen LogP contribution in [-0.2, 0) is 4.43 Å². The van der Waals surface area contributed by atoms with E-state index in [1.165, 1.54) is 11.2 Å². The maximum Gasteiger partial charge on any atom is 0.246 e.